The normalized spacial score (nSPS) is 13.5. The Morgan fingerprint density at radius 2 is 1.38 bits per heavy atom. The highest BCUT2D eigenvalue weighted by molar-refractivity contribution is 14.1. The van der Waals surface area contributed by atoms with Crippen LogP contribution in [0.25, 0.3) is 0 Å². The van der Waals surface area contributed by atoms with E-state index in [9.17, 15) is 0 Å². The second-order valence-corrected chi connectivity index (χ2v) is 6.45. The molecule has 0 aliphatic rings. The molecule has 0 N–H and O–H groups in total. The molecule has 0 saturated carbocycles. The average Bonchev–Trinajstić information content (AvgIpc) is 2.44. The van der Waals surface area contributed by atoms with E-state index in [0.29, 0.717) is 0 Å². The molecule has 2 nitrogen and oxygen atoms in total. The van der Waals surface area contributed by atoms with Crippen LogP contribution in [-0.2, 0) is 0 Å². The van der Waals surface area contributed by atoms with Crippen molar-refractivity contribution in [3.63, 3.8) is 0 Å². The standard InChI is InChI=1S/C18H21IO2/c1-13-8-4-6-10-17(13)20-14(2)12-15(3)21-18-11-7-5-9-16(18)19/h4-11,14-15H,12H2,1-3H3/t14-,15?/m1/s1. The lowest BCUT2D eigenvalue weighted by molar-refractivity contribution is 0.129. The van der Waals surface area contributed by atoms with Crippen LogP contribution in [0.3, 0.4) is 0 Å². The van der Waals surface area contributed by atoms with E-state index in [1.54, 1.807) is 0 Å². The van der Waals surface area contributed by atoms with E-state index in [-0.39, 0.29) is 12.2 Å². The summed E-state index contributed by atoms with van der Waals surface area (Å²) >= 11 is 2.29. The molecule has 0 aromatic heterocycles. The van der Waals surface area contributed by atoms with Gasteiger partial charge >= 0.3 is 0 Å². The van der Waals surface area contributed by atoms with Gasteiger partial charge in [0.05, 0.1) is 15.8 Å². The zero-order chi connectivity index (χ0) is 15.2. The summed E-state index contributed by atoms with van der Waals surface area (Å²) < 4.78 is 13.1. The van der Waals surface area contributed by atoms with E-state index >= 15 is 0 Å². The third-order valence-electron chi connectivity index (χ3n) is 3.25. The lowest BCUT2D eigenvalue weighted by atomic mass is 10.2. The van der Waals surface area contributed by atoms with Crippen LogP contribution < -0.4 is 9.47 Å². The lowest BCUT2D eigenvalue weighted by Crippen LogP contribution is -2.23. The second-order valence-electron chi connectivity index (χ2n) is 5.29. The third-order valence-corrected chi connectivity index (χ3v) is 4.14. The molecule has 2 aromatic carbocycles. The zero-order valence-corrected chi connectivity index (χ0v) is 14.8. The molecule has 2 aromatic rings. The van der Waals surface area contributed by atoms with E-state index in [1.807, 2.05) is 36.4 Å². The largest absolute Gasteiger partial charge is 0.490 e. The Kier molecular flexibility index (Phi) is 5.91. The quantitative estimate of drug-likeness (QED) is 0.623. The molecule has 112 valence electrons. The Morgan fingerprint density at radius 3 is 2.00 bits per heavy atom. The van der Waals surface area contributed by atoms with Crippen molar-refractivity contribution in [2.24, 2.45) is 0 Å². The first kappa shape index (κ1) is 16.1. The summed E-state index contributed by atoms with van der Waals surface area (Å²) in [5.74, 6) is 1.89. The lowest BCUT2D eigenvalue weighted by Gasteiger charge is -2.21. The van der Waals surface area contributed by atoms with Crippen LogP contribution in [0.2, 0.25) is 0 Å². The van der Waals surface area contributed by atoms with Gasteiger partial charge in [-0.25, -0.2) is 0 Å². The first-order valence-electron chi connectivity index (χ1n) is 7.19. The van der Waals surface area contributed by atoms with E-state index in [4.69, 9.17) is 9.47 Å². The van der Waals surface area contributed by atoms with E-state index in [0.717, 1.165) is 27.1 Å². The Morgan fingerprint density at radius 1 is 0.857 bits per heavy atom. The van der Waals surface area contributed by atoms with Crippen LogP contribution in [0.5, 0.6) is 11.5 Å². The second kappa shape index (κ2) is 7.69. The summed E-state index contributed by atoms with van der Waals surface area (Å²) in [6.07, 6.45) is 1.07. The molecule has 2 rings (SSSR count). The summed E-state index contributed by atoms with van der Waals surface area (Å²) in [7, 11) is 0. The van der Waals surface area contributed by atoms with Crippen molar-refractivity contribution >= 4 is 22.6 Å². The molecule has 2 atom stereocenters. The fourth-order valence-electron chi connectivity index (χ4n) is 2.23. The molecule has 3 heteroatoms. The highest BCUT2D eigenvalue weighted by Crippen LogP contribution is 2.23. The molecule has 0 bridgehead atoms. The molecule has 0 aliphatic carbocycles. The third kappa shape index (κ3) is 4.92. The van der Waals surface area contributed by atoms with E-state index < -0.39 is 0 Å². The molecule has 21 heavy (non-hydrogen) atoms. The number of benzene rings is 2. The fraction of sp³-hybridized carbons (Fsp3) is 0.333. The summed E-state index contributed by atoms with van der Waals surface area (Å²) in [5.41, 5.74) is 1.16. The van der Waals surface area contributed by atoms with Crippen molar-refractivity contribution in [3.8, 4) is 11.5 Å². The highest BCUT2D eigenvalue weighted by Gasteiger charge is 2.13. The predicted octanol–water partition coefficient (Wildman–Crippen LogP) is 5.22. The number of ether oxygens (including phenoxy) is 2. The van der Waals surface area contributed by atoms with E-state index in [1.165, 1.54) is 0 Å². The molecule has 0 heterocycles. The number of hydrogen-bond donors (Lipinski definition) is 0. The van der Waals surface area contributed by atoms with Crippen LogP contribution in [0, 0.1) is 10.5 Å². The van der Waals surface area contributed by atoms with Gasteiger partial charge in [0.25, 0.3) is 0 Å². The molecule has 1 unspecified atom stereocenters. The first-order chi connectivity index (χ1) is 10.1. The predicted molar refractivity (Wildman–Crippen MR) is 95.1 cm³/mol. The molecule has 0 amide bonds. The first-order valence-corrected chi connectivity index (χ1v) is 8.27. The molecular weight excluding hydrogens is 375 g/mol. The smallest absolute Gasteiger partial charge is 0.133 e. The fourth-order valence-corrected chi connectivity index (χ4v) is 2.74. The SMILES string of the molecule is Cc1ccccc1O[C@H](C)CC(C)Oc1ccccc1I. The minimum absolute atomic E-state index is 0.111. The van der Waals surface area contributed by atoms with Gasteiger partial charge < -0.3 is 9.47 Å². The summed E-state index contributed by atoms with van der Waals surface area (Å²) in [6.45, 7) is 6.23. The van der Waals surface area contributed by atoms with Gasteiger partial charge in [-0.2, -0.15) is 0 Å². The van der Waals surface area contributed by atoms with Crippen LogP contribution in [0.1, 0.15) is 25.8 Å². The minimum Gasteiger partial charge on any atom is -0.490 e. The topological polar surface area (TPSA) is 18.5 Å². The number of rotatable bonds is 6. The number of hydrogen-bond acceptors (Lipinski definition) is 2. The maximum atomic E-state index is 6.00. The maximum absolute atomic E-state index is 6.00. The number of para-hydroxylation sites is 2. The van der Waals surface area contributed by atoms with Gasteiger partial charge in [-0.05, 0) is 67.1 Å². The van der Waals surface area contributed by atoms with E-state index in [2.05, 4.69) is 55.5 Å². The Labute approximate surface area is 140 Å². The molecular formula is C18H21IO2. The summed E-state index contributed by atoms with van der Waals surface area (Å²) in [6, 6.07) is 16.2. The zero-order valence-electron chi connectivity index (χ0n) is 12.7. The van der Waals surface area contributed by atoms with Crippen molar-refractivity contribution in [1.82, 2.24) is 0 Å². The van der Waals surface area contributed by atoms with Crippen LogP contribution in [0.4, 0.5) is 0 Å². The van der Waals surface area contributed by atoms with Crippen LogP contribution in [-0.4, -0.2) is 12.2 Å². The highest BCUT2D eigenvalue weighted by atomic mass is 127. The Balaban J connectivity index is 1.89. The molecule has 0 radical (unpaired) electrons. The monoisotopic (exact) mass is 396 g/mol. The van der Waals surface area contributed by atoms with Gasteiger partial charge in [-0.1, -0.05) is 30.3 Å². The van der Waals surface area contributed by atoms with Crippen molar-refractivity contribution in [2.45, 2.75) is 39.4 Å². The van der Waals surface area contributed by atoms with Crippen LogP contribution >= 0.6 is 22.6 Å². The Bertz CT molecular complexity index is 531. The van der Waals surface area contributed by atoms with Crippen molar-refractivity contribution in [1.29, 1.82) is 0 Å². The van der Waals surface area contributed by atoms with Crippen molar-refractivity contribution in [2.75, 3.05) is 0 Å². The summed E-state index contributed by atoms with van der Waals surface area (Å²) in [4.78, 5) is 0. The number of halogens is 1. The van der Waals surface area contributed by atoms with Gasteiger partial charge in [0.15, 0.2) is 0 Å². The number of aryl methyl sites for hydroxylation is 1. The van der Waals surface area contributed by atoms with Crippen molar-refractivity contribution < 1.29 is 9.47 Å². The van der Waals surface area contributed by atoms with Crippen LogP contribution in [0.15, 0.2) is 48.5 Å². The molecule has 0 fully saturated rings. The van der Waals surface area contributed by atoms with Gasteiger partial charge in [0, 0.05) is 6.42 Å². The minimum atomic E-state index is 0.111. The van der Waals surface area contributed by atoms with Gasteiger partial charge in [-0.15, -0.1) is 0 Å². The van der Waals surface area contributed by atoms with Gasteiger partial charge in [0.1, 0.15) is 11.5 Å². The van der Waals surface area contributed by atoms with Gasteiger partial charge in [0.2, 0.25) is 0 Å². The summed E-state index contributed by atoms with van der Waals surface area (Å²) in [5, 5.41) is 0. The molecule has 0 spiro atoms. The molecule has 0 aliphatic heterocycles. The van der Waals surface area contributed by atoms with Gasteiger partial charge in [-0.3, -0.25) is 0 Å². The van der Waals surface area contributed by atoms with Crippen molar-refractivity contribution in [3.05, 3.63) is 57.7 Å². The molecule has 0 saturated heterocycles. The maximum Gasteiger partial charge on any atom is 0.133 e. The average molecular weight is 396 g/mol. The Hall–Kier alpha value is -1.23.